The maximum Gasteiger partial charge on any atom is 0.151 e. The molecular formula is C8H13N3. The molecule has 3 nitrogen and oxygen atoms in total. The summed E-state index contributed by atoms with van der Waals surface area (Å²) in [7, 11) is 0. The van der Waals surface area contributed by atoms with E-state index in [1.54, 1.807) is 6.20 Å². The highest BCUT2D eigenvalue weighted by Gasteiger charge is 2.08. The van der Waals surface area contributed by atoms with Gasteiger partial charge in [-0.3, -0.25) is 0 Å². The number of aromatic nitrogens is 2. The van der Waals surface area contributed by atoms with Crippen molar-refractivity contribution in [2.45, 2.75) is 20.3 Å². The molecule has 0 spiro atoms. The maximum absolute atomic E-state index is 3.90. The predicted molar refractivity (Wildman–Crippen MR) is 45.6 cm³/mol. The first-order chi connectivity index (χ1) is 5.47. The second-order valence-corrected chi connectivity index (χ2v) is 2.08. The van der Waals surface area contributed by atoms with E-state index in [0.29, 0.717) is 0 Å². The van der Waals surface area contributed by atoms with Crippen molar-refractivity contribution in [3.8, 4) is 0 Å². The van der Waals surface area contributed by atoms with Gasteiger partial charge in [-0.1, -0.05) is 13.8 Å². The monoisotopic (exact) mass is 151 g/mol. The van der Waals surface area contributed by atoms with Crippen LogP contribution in [-0.2, 0) is 6.42 Å². The Kier molecular flexibility index (Phi) is 2.83. The quantitative estimate of drug-likeness (QED) is 0.610. The van der Waals surface area contributed by atoms with E-state index in [1.165, 1.54) is 5.56 Å². The largest absolute Gasteiger partial charge is 0.368 e. The summed E-state index contributed by atoms with van der Waals surface area (Å²) >= 11 is 0. The van der Waals surface area contributed by atoms with Crippen LogP contribution in [0.2, 0.25) is 0 Å². The first-order valence-electron chi connectivity index (χ1n) is 4.01. The summed E-state index contributed by atoms with van der Waals surface area (Å²) in [4.78, 5) is 0. The lowest BCUT2D eigenvalue weighted by Gasteiger charge is -1.91. The Balaban J connectivity index is 0.000000281. The second kappa shape index (κ2) is 3.91. The van der Waals surface area contributed by atoms with Gasteiger partial charge in [0.25, 0.3) is 0 Å². The lowest BCUT2D eigenvalue weighted by Crippen LogP contribution is -1.93. The lowest BCUT2D eigenvalue weighted by molar-refractivity contribution is 1.03. The standard InChI is InChI=1S/C6H7N3.C2H6/c1-3-7-6-5(1)2-4-8-9-6;1-2/h2,4H,1,3H2,(H,7,9);1-2H3. The lowest BCUT2D eigenvalue weighted by atomic mass is 10.2. The number of hydrogen-bond donors (Lipinski definition) is 1. The van der Waals surface area contributed by atoms with E-state index < -0.39 is 0 Å². The zero-order chi connectivity index (χ0) is 8.10. The Morgan fingerprint density at radius 1 is 1.45 bits per heavy atom. The fourth-order valence-electron chi connectivity index (χ4n) is 1.02. The van der Waals surface area contributed by atoms with Crippen molar-refractivity contribution in [1.29, 1.82) is 0 Å². The van der Waals surface area contributed by atoms with Gasteiger partial charge in [0.05, 0.1) is 6.20 Å². The minimum Gasteiger partial charge on any atom is -0.368 e. The van der Waals surface area contributed by atoms with Gasteiger partial charge in [-0.2, -0.15) is 5.10 Å². The van der Waals surface area contributed by atoms with Crippen LogP contribution in [0.3, 0.4) is 0 Å². The minimum atomic E-state index is 0.956. The van der Waals surface area contributed by atoms with Crippen LogP contribution in [0.4, 0.5) is 5.82 Å². The molecule has 0 atom stereocenters. The first-order valence-corrected chi connectivity index (χ1v) is 4.01. The molecule has 0 unspecified atom stereocenters. The Morgan fingerprint density at radius 3 is 3.00 bits per heavy atom. The molecule has 1 aromatic rings. The van der Waals surface area contributed by atoms with Crippen LogP contribution in [0, 0.1) is 0 Å². The molecule has 1 N–H and O–H groups in total. The Labute approximate surface area is 66.8 Å². The van der Waals surface area contributed by atoms with E-state index in [-0.39, 0.29) is 0 Å². The molecule has 2 rings (SSSR count). The Hall–Kier alpha value is -1.12. The molecule has 2 heterocycles. The molecule has 0 saturated carbocycles. The molecule has 1 aliphatic rings. The van der Waals surface area contributed by atoms with Crippen LogP contribution in [0.1, 0.15) is 19.4 Å². The summed E-state index contributed by atoms with van der Waals surface area (Å²) in [5.41, 5.74) is 1.28. The number of fused-ring (bicyclic) bond motifs is 1. The molecule has 60 valence electrons. The molecule has 1 aliphatic heterocycles. The van der Waals surface area contributed by atoms with Crippen LogP contribution >= 0.6 is 0 Å². The Morgan fingerprint density at radius 2 is 2.27 bits per heavy atom. The second-order valence-electron chi connectivity index (χ2n) is 2.08. The molecule has 1 aromatic heterocycles. The van der Waals surface area contributed by atoms with Gasteiger partial charge < -0.3 is 5.32 Å². The van der Waals surface area contributed by atoms with Gasteiger partial charge in [0.1, 0.15) is 0 Å². The summed E-state index contributed by atoms with van der Waals surface area (Å²) < 4.78 is 0. The van der Waals surface area contributed by atoms with E-state index in [2.05, 4.69) is 15.5 Å². The van der Waals surface area contributed by atoms with Gasteiger partial charge in [0.2, 0.25) is 0 Å². The van der Waals surface area contributed by atoms with Crippen molar-refractivity contribution in [1.82, 2.24) is 10.2 Å². The van der Waals surface area contributed by atoms with E-state index >= 15 is 0 Å². The summed E-state index contributed by atoms with van der Waals surface area (Å²) in [5, 5.41) is 10.8. The molecular weight excluding hydrogens is 138 g/mol. The first kappa shape index (κ1) is 7.98. The molecule has 0 fully saturated rings. The van der Waals surface area contributed by atoms with Crippen LogP contribution in [0.15, 0.2) is 12.3 Å². The van der Waals surface area contributed by atoms with Gasteiger partial charge in [0, 0.05) is 6.54 Å². The van der Waals surface area contributed by atoms with Crippen LogP contribution < -0.4 is 5.32 Å². The fraction of sp³-hybridized carbons (Fsp3) is 0.500. The average molecular weight is 151 g/mol. The van der Waals surface area contributed by atoms with Crippen molar-refractivity contribution in [2.75, 3.05) is 11.9 Å². The highest BCUT2D eigenvalue weighted by molar-refractivity contribution is 5.46. The third kappa shape index (κ3) is 1.67. The molecule has 0 aliphatic carbocycles. The predicted octanol–water partition coefficient (Wildman–Crippen LogP) is 1.47. The molecule has 0 saturated heterocycles. The van der Waals surface area contributed by atoms with Crippen molar-refractivity contribution < 1.29 is 0 Å². The SMILES string of the molecule is CC.c1cc2c(nn1)NCC2. The number of nitrogens with one attached hydrogen (secondary N) is 1. The van der Waals surface area contributed by atoms with Crippen LogP contribution in [0.5, 0.6) is 0 Å². The highest BCUT2D eigenvalue weighted by atomic mass is 15.2. The number of hydrogen-bond acceptors (Lipinski definition) is 3. The van der Waals surface area contributed by atoms with Gasteiger partial charge in [0.15, 0.2) is 5.82 Å². The average Bonchev–Trinajstić information content (AvgIpc) is 2.55. The van der Waals surface area contributed by atoms with Crippen molar-refractivity contribution in [2.24, 2.45) is 0 Å². The third-order valence-electron chi connectivity index (χ3n) is 1.49. The van der Waals surface area contributed by atoms with E-state index in [1.807, 2.05) is 19.9 Å². The highest BCUT2D eigenvalue weighted by Crippen LogP contribution is 2.15. The zero-order valence-electron chi connectivity index (χ0n) is 6.96. The normalized spacial score (nSPS) is 12.5. The van der Waals surface area contributed by atoms with Gasteiger partial charge >= 0.3 is 0 Å². The molecule has 0 bridgehead atoms. The van der Waals surface area contributed by atoms with Gasteiger partial charge in [-0.25, -0.2) is 0 Å². The van der Waals surface area contributed by atoms with Crippen LogP contribution in [-0.4, -0.2) is 16.7 Å². The fourth-order valence-corrected chi connectivity index (χ4v) is 1.02. The maximum atomic E-state index is 3.90. The Bertz CT molecular complexity index is 199. The topological polar surface area (TPSA) is 37.8 Å². The van der Waals surface area contributed by atoms with E-state index in [9.17, 15) is 0 Å². The van der Waals surface area contributed by atoms with Crippen molar-refractivity contribution >= 4 is 5.82 Å². The van der Waals surface area contributed by atoms with E-state index in [0.717, 1.165) is 18.8 Å². The summed E-state index contributed by atoms with van der Waals surface area (Å²) in [6, 6.07) is 2.00. The molecule has 11 heavy (non-hydrogen) atoms. The zero-order valence-corrected chi connectivity index (χ0v) is 6.96. The van der Waals surface area contributed by atoms with Crippen LogP contribution in [0.25, 0.3) is 0 Å². The van der Waals surface area contributed by atoms with Gasteiger partial charge in [-0.05, 0) is 18.1 Å². The van der Waals surface area contributed by atoms with E-state index in [4.69, 9.17) is 0 Å². The molecule has 3 heteroatoms. The number of anilines is 1. The molecule has 0 radical (unpaired) electrons. The number of rotatable bonds is 0. The molecule has 0 amide bonds. The summed E-state index contributed by atoms with van der Waals surface area (Å²) in [6.45, 7) is 5.01. The molecule has 0 aromatic carbocycles. The van der Waals surface area contributed by atoms with Gasteiger partial charge in [-0.15, -0.1) is 5.10 Å². The van der Waals surface area contributed by atoms with Crippen molar-refractivity contribution in [3.63, 3.8) is 0 Å². The number of nitrogens with zero attached hydrogens (tertiary/aromatic N) is 2. The minimum absolute atomic E-state index is 0.956. The third-order valence-corrected chi connectivity index (χ3v) is 1.49. The summed E-state index contributed by atoms with van der Waals surface area (Å²) in [6.07, 6.45) is 2.82. The van der Waals surface area contributed by atoms with Crippen molar-refractivity contribution in [3.05, 3.63) is 17.8 Å². The smallest absolute Gasteiger partial charge is 0.151 e. The summed E-state index contributed by atoms with van der Waals surface area (Å²) in [5.74, 6) is 0.956.